The SMILES string of the molecule is O=S1(=O)N=CC=CC=CC=N1. The van der Waals surface area contributed by atoms with Crippen LogP contribution in [0.3, 0.4) is 0 Å². The number of hydrogen-bond acceptors (Lipinski definition) is 2. The summed E-state index contributed by atoms with van der Waals surface area (Å²) in [4.78, 5) is 0. The van der Waals surface area contributed by atoms with Gasteiger partial charge in [0.1, 0.15) is 0 Å². The van der Waals surface area contributed by atoms with E-state index >= 15 is 0 Å². The Hall–Kier alpha value is -1.23. The number of allylic oxidation sites excluding steroid dienone is 4. The zero-order valence-corrected chi connectivity index (χ0v) is 6.40. The lowest BCUT2D eigenvalue weighted by atomic mass is 10.4. The van der Waals surface area contributed by atoms with Gasteiger partial charge in [-0.25, -0.2) is 0 Å². The molecule has 0 unspecified atom stereocenters. The van der Waals surface area contributed by atoms with Crippen molar-refractivity contribution in [3.63, 3.8) is 0 Å². The fourth-order valence-electron chi connectivity index (χ4n) is 0.479. The second-order valence-electron chi connectivity index (χ2n) is 1.73. The van der Waals surface area contributed by atoms with Crippen LogP contribution in [0.15, 0.2) is 33.1 Å². The van der Waals surface area contributed by atoms with E-state index in [1.807, 2.05) is 0 Å². The maximum atomic E-state index is 10.7. The first-order chi connectivity index (χ1) is 5.21. The van der Waals surface area contributed by atoms with Crippen molar-refractivity contribution >= 4 is 22.6 Å². The van der Waals surface area contributed by atoms with Crippen LogP contribution < -0.4 is 0 Å². The summed E-state index contributed by atoms with van der Waals surface area (Å²) < 4.78 is 27.8. The lowest BCUT2D eigenvalue weighted by Crippen LogP contribution is -1.89. The van der Waals surface area contributed by atoms with Gasteiger partial charge in [-0.1, -0.05) is 12.2 Å². The van der Waals surface area contributed by atoms with Gasteiger partial charge in [0.15, 0.2) is 0 Å². The van der Waals surface area contributed by atoms with Crippen molar-refractivity contribution in [1.82, 2.24) is 0 Å². The van der Waals surface area contributed by atoms with Gasteiger partial charge < -0.3 is 0 Å². The van der Waals surface area contributed by atoms with E-state index in [-0.39, 0.29) is 0 Å². The zero-order chi connectivity index (χ0) is 8.16. The summed E-state index contributed by atoms with van der Waals surface area (Å²) in [6, 6.07) is 0. The Morgan fingerprint density at radius 1 is 0.818 bits per heavy atom. The maximum Gasteiger partial charge on any atom is 0.362 e. The molecule has 0 bridgehead atoms. The van der Waals surface area contributed by atoms with Crippen molar-refractivity contribution in [2.45, 2.75) is 0 Å². The molecule has 11 heavy (non-hydrogen) atoms. The van der Waals surface area contributed by atoms with Crippen LogP contribution in [0.5, 0.6) is 0 Å². The van der Waals surface area contributed by atoms with E-state index in [2.05, 4.69) is 8.80 Å². The van der Waals surface area contributed by atoms with Gasteiger partial charge in [-0.3, -0.25) is 0 Å². The molecule has 0 N–H and O–H groups in total. The van der Waals surface area contributed by atoms with Gasteiger partial charge in [-0.2, -0.15) is 17.2 Å². The predicted molar refractivity (Wildman–Crippen MR) is 44.2 cm³/mol. The summed E-state index contributed by atoms with van der Waals surface area (Å²) in [5.41, 5.74) is 0. The molecule has 5 heteroatoms. The number of rotatable bonds is 0. The molecule has 0 atom stereocenters. The molecule has 1 aliphatic rings. The van der Waals surface area contributed by atoms with E-state index in [1.165, 1.54) is 24.6 Å². The van der Waals surface area contributed by atoms with Gasteiger partial charge in [0.25, 0.3) is 0 Å². The monoisotopic (exact) mass is 170 g/mol. The minimum atomic E-state index is -3.63. The van der Waals surface area contributed by atoms with Gasteiger partial charge in [0, 0.05) is 12.4 Å². The average Bonchev–Trinajstić information content (AvgIpc) is 2.00. The summed E-state index contributed by atoms with van der Waals surface area (Å²) in [5.74, 6) is 0. The molecule has 0 saturated carbocycles. The van der Waals surface area contributed by atoms with Crippen LogP contribution in [0.1, 0.15) is 0 Å². The predicted octanol–water partition coefficient (Wildman–Crippen LogP) is 0.499. The van der Waals surface area contributed by atoms with Gasteiger partial charge in [0.05, 0.1) is 0 Å². The molecular formula is C6H6N2O2S. The van der Waals surface area contributed by atoms with E-state index in [1.54, 1.807) is 12.2 Å². The second kappa shape index (κ2) is 3.25. The van der Waals surface area contributed by atoms with Gasteiger partial charge >= 0.3 is 10.2 Å². The summed E-state index contributed by atoms with van der Waals surface area (Å²) >= 11 is 0. The van der Waals surface area contributed by atoms with E-state index in [9.17, 15) is 8.42 Å². The number of nitrogens with zero attached hydrogens (tertiary/aromatic N) is 2. The molecule has 0 amide bonds. The molecule has 0 spiro atoms. The highest BCUT2D eigenvalue weighted by Crippen LogP contribution is 1.93. The molecule has 0 radical (unpaired) electrons. The Kier molecular flexibility index (Phi) is 2.32. The van der Waals surface area contributed by atoms with E-state index in [4.69, 9.17) is 0 Å². The molecule has 1 aliphatic heterocycles. The largest absolute Gasteiger partial charge is 0.362 e. The quantitative estimate of drug-likeness (QED) is 0.531. The highest BCUT2D eigenvalue weighted by Gasteiger charge is 1.98. The number of hydrogen-bond donors (Lipinski definition) is 0. The first-order valence-corrected chi connectivity index (χ1v) is 4.28. The van der Waals surface area contributed by atoms with Crippen LogP contribution in [-0.4, -0.2) is 20.8 Å². The van der Waals surface area contributed by atoms with Crippen molar-refractivity contribution in [2.75, 3.05) is 0 Å². The molecular weight excluding hydrogens is 164 g/mol. The molecule has 4 nitrogen and oxygen atoms in total. The van der Waals surface area contributed by atoms with Crippen molar-refractivity contribution in [1.29, 1.82) is 0 Å². The van der Waals surface area contributed by atoms with Crippen LogP contribution in [0.25, 0.3) is 0 Å². The fourth-order valence-corrected chi connectivity index (χ4v) is 0.982. The topological polar surface area (TPSA) is 58.9 Å². The highest BCUT2D eigenvalue weighted by molar-refractivity contribution is 7.89. The van der Waals surface area contributed by atoms with Gasteiger partial charge in [-0.15, -0.1) is 0 Å². The first-order valence-electron chi connectivity index (χ1n) is 2.88. The highest BCUT2D eigenvalue weighted by atomic mass is 32.2. The molecule has 1 heterocycles. The van der Waals surface area contributed by atoms with Gasteiger partial charge in [0.2, 0.25) is 0 Å². The first kappa shape index (κ1) is 7.87. The Labute approximate surface area is 64.9 Å². The smallest absolute Gasteiger partial charge is 0.179 e. The van der Waals surface area contributed by atoms with E-state index in [0.717, 1.165) is 0 Å². The molecule has 0 aliphatic carbocycles. The molecule has 1 rings (SSSR count). The third-order valence-electron chi connectivity index (χ3n) is 0.894. The minimum absolute atomic E-state index is 1.18. The third kappa shape index (κ3) is 2.90. The standard InChI is InChI=1S/C6H6N2O2S/c9-11(10)7-5-3-1-2-4-6-8-11/h1-6H. The van der Waals surface area contributed by atoms with Crippen molar-refractivity contribution in [3.05, 3.63) is 24.3 Å². The van der Waals surface area contributed by atoms with E-state index < -0.39 is 10.2 Å². The Balaban J connectivity index is 3.05. The van der Waals surface area contributed by atoms with Crippen molar-refractivity contribution in [3.8, 4) is 0 Å². The minimum Gasteiger partial charge on any atom is -0.179 e. The van der Waals surface area contributed by atoms with Gasteiger partial charge in [-0.05, 0) is 12.2 Å². The summed E-state index contributed by atoms with van der Waals surface area (Å²) in [5, 5.41) is 0. The van der Waals surface area contributed by atoms with Crippen LogP contribution in [0.4, 0.5) is 0 Å². The Morgan fingerprint density at radius 3 is 1.73 bits per heavy atom. The molecule has 0 fully saturated rings. The van der Waals surface area contributed by atoms with Crippen molar-refractivity contribution in [2.24, 2.45) is 8.80 Å². The Morgan fingerprint density at radius 2 is 1.27 bits per heavy atom. The molecule has 0 aromatic heterocycles. The summed E-state index contributed by atoms with van der Waals surface area (Å²) in [6.45, 7) is 0. The molecule has 0 aromatic carbocycles. The Bertz CT molecular complexity index is 308. The third-order valence-corrected chi connectivity index (χ3v) is 1.67. The van der Waals surface area contributed by atoms with Crippen LogP contribution >= 0.6 is 0 Å². The lowest BCUT2D eigenvalue weighted by molar-refractivity contribution is 0.600. The van der Waals surface area contributed by atoms with Crippen LogP contribution in [0, 0.1) is 0 Å². The zero-order valence-electron chi connectivity index (χ0n) is 5.58. The van der Waals surface area contributed by atoms with E-state index in [0.29, 0.717) is 0 Å². The molecule has 0 aromatic rings. The average molecular weight is 170 g/mol. The fraction of sp³-hybridized carbons (Fsp3) is 0. The van der Waals surface area contributed by atoms with Crippen LogP contribution in [0.2, 0.25) is 0 Å². The summed E-state index contributed by atoms with van der Waals surface area (Å²) in [7, 11) is -3.63. The summed E-state index contributed by atoms with van der Waals surface area (Å²) in [6.07, 6.45) is 8.73. The lowest BCUT2D eigenvalue weighted by Gasteiger charge is -1.82. The second-order valence-corrected chi connectivity index (χ2v) is 3.04. The molecule has 58 valence electrons. The van der Waals surface area contributed by atoms with Crippen LogP contribution in [-0.2, 0) is 10.2 Å². The normalized spacial score (nSPS) is 20.7. The molecule has 0 saturated heterocycles. The maximum absolute atomic E-state index is 10.7. The van der Waals surface area contributed by atoms with Crippen molar-refractivity contribution < 1.29 is 8.42 Å².